The molecule has 314 valence electrons. The normalized spacial score (nSPS) is 23.1. The molecule has 3 aromatic rings. The van der Waals surface area contributed by atoms with E-state index in [0.717, 1.165) is 88.8 Å². The van der Waals surface area contributed by atoms with Crippen LogP contribution in [0, 0.1) is 0 Å². The summed E-state index contributed by atoms with van der Waals surface area (Å²) < 4.78 is 28.7. The number of carbonyl (C=O) groups excluding carboxylic acids is 2. The summed E-state index contributed by atoms with van der Waals surface area (Å²) in [5.41, 5.74) is -1.98. The molecule has 0 amide bonds. The number of ketones is 1. The number of hydrogen-bond acceptors (Lipinski definition) is 15. The molecule has 2 aliphatic rings. The molecule has 6 atom stereocenters. The molecule has 5 rings (SSSR count). The first-order chi connectivity index (χ1) is 27.3. The quantitative estimate of drug-likeness (QED) is 0.0494. The molecule has 0 spiro atoms. The number of benzene rings is 2. The number of aliphatic hydroxyl groups excluding tert-OH is 3. The molecule has 0 radical (unpaired) electrons. The van der Waals surface area contributed by atoms with Gasteiger partial charge in [0.15, 0.2) is 17.3 Å². The van der Waals surface area contributed by atoms with Gasteiger partial charge in [-0.25, -0.2) is 0 Å². The van der Waals surface area contributed by atoms with Gasteiger partial charge >= 0.3 is 5.97 Å². The lowest BCUT2D eigenvalue weighted by Gasteiger charge is -2.39. The Labute approximate surface area is 330 Å². The van der Waals surface area contributed by atoms with Gasteiger partial charge < -0.3 is 59.1 Å². The molecule has 57 heavy (non-hydrogen) atoms. The van der Waals surface area contributed by atoms with E-state index in [4.69, 9.17) is 23.4 Å². The molecule has 0 saturated carbocycles. The molecule has 1 saturated heterocycles. The van der Waals surface area contributed by atoms with Crippen LogP contribution in [0.15, 0.2) is 33.5 Å². The van der Waals surface area contributed by atoms with Crippen LogP contribution >= 0.6 is 0 Å². The van der Waals surface area contributed by atoms with Crippen molar-refractivity contribution in [1.29, 1.82) is 0 Å². The van der Waals surface area contributed by atoms with Gasteiger partial charge in [0.1, 0.15) is 53.5 Å². The Morgan fingerprint density at radius 3 is 2.09 bits per heavy atom. The molecule has 2 aliphatic heterocycles. The maximum absolute atomic E-state index is 14.2. The Morgan fingerprint density at radius 1 is 0.789 bits per heavy atom. The van der Waals surface area contributed by atoms with E-state index < -0.39 is 94.4 Å². The highest BCUT2D eigenvalue weighted by molar-refractivity contribution is 6.12. The van der Waals surface area contributed by atoms with Crippen molar-refractivity contribution in [3.05, 3.63) is 40.1 Å². The lowest BCUT2D eigenvalue weighted by molar-refractivity contribution is -0.278. The number of fused-ring (bicyclic) bond motifs is 2. The van der Waals surface area contributed by atoms with Crippen LogP contribution in [0.25, 0.3) is 22.3 Å². The van der Waals surface area contributed by atoms with Crippen LogP contribution in [0.4, 0.5) is 0 Å². The largest absolute Gasteiger partial charge is 0.508 e. The van der Waals surface area contributed by atoms with Gasteiger partial charge in [0.05, 0.1) is 5.56 Å². The summed E-state index contributed by atoms with van der Waals surface area (Å²) in [4.78, 5) is 40.6. The SMILES string of the molecule is CCCCCCCCCC(=O)OC[C@H]1O[C@@H](Oc2c(-c3ccc(O)c4c3C(=O)C(O)(CCCCCCCCC)O4)oc3cc(O)cc(O)c3c2=O)[C@H](O)[C@@H](O)[C@H]1O. The van der Waals surface area contributed by atoms with Crippen molar-refractivity contribution >= 4 is 22.7 Å². The lowest BCUT2D eigenvalue weighted by Crippen LogP contribution is -2.60. The van der Waals surface area contributed by atoms with Gasteiger partial charge in [-0.3, -0.25) is 14.4 Å². The average molecular weight is 801 g/mol. The standard InChI is InChI=1S/C42H56O15/c1-3-5-7-9-11-13-15-17-30(46)53-23-29-33(47)35(49)36(50)41(55-29)56-39-34(48)32-27(45)21-24(43)22-28(32)54-37(39)25-18-19-26(44)38-31(25)40(51)42(52,57-38)20-16-14-12-10-8-6-4-2/h18-19,21-22,29,33,35-36,41,43-45,47,49-50,52H,3-17,20,23H2,1-2H3/t29-,33+,35+,36-,41+,42?/m1/s1. The van der Waals surface area contributed by atoms with Crippen LogP contribution in [0.2, 0.25) is 0 Å². The van der Waals surface area contributed by atoms with Crippen LogP contribution in [-0.4, -0.2) is 90.6 Å². The number of aliphatic hydroxyl groups is 4. The summed E-state index contributed by atoms with van der Waals surface area (Å²) in [6.07, 6.45) is 4.27. The minimum Gasteiger partial charge on any atom is -0.508 e. The van der Waals surface area contributed by atoms with Gasteiger partial charge in [0.2, 0.25) is 23.3 Å². The van der Waals surface area contributed by atoms with E-state index >= 15 is 0 Å². The zero-order valence-electron chi connectivity index (χ0n) is 32.6. The van der Waals surface area contributed by atoms with Gasteiger partial charge in [0, 0.05) is 30.5 Å². The maximum Gasteiger partial charge on any atom is 0.305 e. The van der Waals surface area contributed by atoms with Crippen molar-refractivity contribution in [2.45, 2.75) is 153 Å². The number of phenolic OH excluding ortho intramolecular Hbond substituents is 3. The summed E-state index contributed by atoms with van der Waals surface area (Å²) in [5, 5.41) is 75.2. The smallest absolute Gasteiger partial charge is 0.305 e. The lowest BCUT2D eigenvalue weighted by atomic mass is 9.94. The third-order valence-corrected chi connectivity index (χ3v) is 10.6. The first-order valence-electron chi connectivity index (χ1n) is 20.2. The number of aromatic hydroxyl groups is 3. The molecule has 1 unspecified atom stereocenters. The van der Waals surface area contributed by atoms with Gasteiger partial charge in [-0.05, 0) is 25.0 Å². The van der Waals surface area contributed by atoms with Crippen molar-refractivity contribution in [3.63, 3.8) is 0 Å². The monoisotopic (exact) mass is 800 g/mol. The molecule has 2 aromatic carbocycles. The number of phenols is 3. The van der Waals surface area contributed by atoms with E-state index in [1.54, 1.807) is 0 Å². The summed E-state index contributed by atoms with van der Waals surface area (Å²) >= 11 is 0. The Balaban J connectivity index is 1.42. The Morgan fingerprint density at radius 2 is 1.42 bits per heavy atom. The fraction of sp³-hybridized carbons (Fsp3) is 0.595. The Bertz CT molecular complexity index is 1910. The van der Waals surface area contributed by atoms with Crippen LogP contribution in [-0.2, 0) is 14.3 Å². The number of carbonyl (C=O) groups is 2. The summed E-state index contributed by atoms with van der Waals surface area (Å²) in [5.74, 6) is -7.20. The van der Waals surface area contributed by atoms with Gasteiger partial charge in [0.25, 0.3) is 5.79 Å². The topological polar surface area (TPSA) is 243 Å². The van der Waals surface area contributed by atoms with Crippen molar-refractivity contribution in [3.8, 4) is 40.1 Å². The highest BCUT2D eigenvalue weighted by Crippen LogP contribution is 2.49. The Hall–Kier alpha value is -4.41. The van der Waals surface area contributed by atoms with E-state index in [2.05, 4.69) is 13.8 Å². The van der Waals surface area contributed by atoms with E-state index in [1.165, 1.54) is 6.07 Å². The maximum atomic E-state index is 14.2. The molecule has 1 fully saturated rings. The van der Waals surface area contributed by atoms with E-state index in [9.17, 15) is 50.1 Å². The highest BCUT2D eigenvalue weighted by atomic mass is 16.7. The van der Waals surface area contributed by atoms with Gasteiger partial charge in [-0.15, -0.1) is 0 Å². The van der Waals surface area contributed by atoms with Crippen LogP contribution in [0.5, 0.6) is 28.7 Å². The van der Waals surface area contributed by atoms with Crippen molar-refractivity contribution in [2.75, 3.05) is 6.61 Å². The van der Waals surface area contributed by atoms with Crippen molar-refractivity contribution < 1.29 is 68.7 Å². The average Bonchev–Trinajstić information content (AvgIpc) is 3.44. The summed E-state index contributed by atoms with van der Waals surface area (Å²) in [6, 6.07) is 4.25. The summed E-state index contributed by atoms with van der Waals surface area (Å²) in [6.45, 7) is 3.71. The highest BCUT2D eigenvalue weighted by Gasteiger charge is 2.50. The minimum atomic E-state index is -2.36. The third-order valence-electron chi connectivity index (χ3n) is 10.6. The molecule has 1 aromatic heterocycles. The van der Waals surface area contributed by atoms with E-state index in [-0.39, 0.29) is 35.3 Å². The van der Waals surface area contributed by atoms with Crippen molar-refractivity contribution in [1.82, 2.24) is 0 Å². The van der Waals surface area contributed by atoms with E-state index in [0.29, 0.717) is 19.3 Å². The molecular formula is C42H56O15. The molecular weight excluding hydrogens is 744 g/mol. The van der Waals surface area contributed by atoms with Crippen molar-refractivity contribution in [2.24, 2.45) is 0 Å². The first-order valence-corrected chi connectivity index (χ1v) is 20.2. The molecule has 0 bridgehead atoms. The molecule has 3 heterocycles. The molecule has 15 heteroatoms. The second-order valence-electron chi connectivity index (χ2n) is 15.0. The fourth-order valence-corrected chi connectivity index (χ4v) is 7.28. The molecule has 0 aliphatic carbocycles. The number of Topliss-reactive ketones (excluding diaryl/α,β-unsaturated/α-hetero) is 1. The third kappa shape index (κ3) is 10.2. The number of unbranched alkanes of at least 4 members (excludes halogenated alkanes) is 12. The molecule has 7 N–H and O–H groups in total. The second-order valence-corrected chi connectivity index (χ2v) is 15.0. The number of hydrogen-bond donors (Lipinski definition) is 7. The zero-order chi connectivity index (χ0) is 41.3. The predicted molar refractivity (Wildman–Crippen MR) is 206 cm³/mol. The Kier molecular flexibility index (Phi) is 15.2. The predicted octanol–water partition coefficient (Wildman–Crippen LogP) is 5.85. The van der Waals surface area contributed by atoms with E-state index in [1.807, 2.05) is 0 Å². The minimum absolute atomic E-state index is 0.104. The van der Waals surface area contributed by atoms with Gasteiger partial charge in [-0.2, -0.15) is 0 Å². The van der Waals surface area contributed by atoms with Crippen LogP contribution < -0.4 is 14.9 Å². The number of rotatable bonds is 21. The van der Waals surface area contributed by atoms with Crippen LogP contribution in [0.1, 0.15) is 127 Å². The fourth-order valence-electron chi connectivity index (χ4n) is 7.28. The van der Waals surface area contributed by atoms with Crippen LogP contribution in [0.3, 0.4) is 0 Å². The second kappa shape index (κ2) is 19.8. The first kappa shape index (κ1) is 43.7. The molecule has 15 nitrogen and oxygen atoms in total. The number of ether oxygens (including phenoxy) is 4. The number of esters is 1. The zero-order valence-corrected chi connectivity index (χ0v) is 32.6. The van der Waals surface area contributed by atoms with Gasteiger partial charge in [-0.1, -0.05) is 90.9 Å². The summed E-state index contributed by atoms with van der Waals surface area (Å²) in [7, 11) is 0.